The Bertz CT molecular complexity index is 1240. The summed E-state index contributed by atoms with van der Waals surface area (Å²) < 4.78 is 5.85. The second kappa shape index (κ2) is 9.33. The summed E-state index contributed by atoms with van der Waals surface area (Å²) in [5.41, 5.74) is 5.81. The summed E-state index contributed by atoms with van der Waals surface area (Å²) in [4.78, 5) is 28.6. The molecule has 168 valence electrons. The van der Waals surface area contributed by atoms with Gasteiger partial charge in [-0.2, -0.15) is 0 Å². The lowest BCUT2D eigenvalue weighted by Crippen LogP contribution is -2.32. The summed E-state index contributed by atoms with van der Waals surface area (Å²) >= 11 is 0. The number of anilines is 2. The van der Waals surface area contributed by atoms with E-state index in [0.29, 0.717) is 29.2 Å². The van der Waals surface area contributed by atoms with Crippen LogP contribution < -0.4 is 15.0 Å². The molecule has 0 unspecified atom stereocenters. The molecule has 1 aliphatic rings. The fraction of sp³-hybridized carbons (Fsp3) is 0.214. The van der Waals surface area contributed by atoms with Crippen molar-refractivity contribution in [3.63, 3.8) is 0 Å². The van der Waals surface area contributed by atoms with Gasteiger partial charge in [0.2, 0.25) is 0 Å². The normalized spacial score (nSPS) is 13.6. The maximum absolute atomic E-state index is 13.7. The molecular weight excluding hydrogens is 412 g/mol. The van der Waals surface area contributed by atoms with E-state index in [2.05, 4.69) is 5.32 Å². The zero-order chi connectivity index (χ0) is 23.5. The monoisotopic (exact) mass is 440 g/mol. The van der Waals surface area contributed by atoms with Crippen molar-refractivity contribution in [2.24, 2.45) is 0 Å². The number of rotatable bonds is 7. The lowest BCUT2D eigenvalue weighted by Gasteiger charge is -2.19. The van der Waals surface area contributed by atoms with Gasteiger partial charge in [-0.05, 0) is 68.1 Å². The molecule has 1 heterocycles. The minimum atomic E-state index is -0.402. The Morgan fingerprint density at radius 3 is 2.27 bits per heavy atom. The fourth-order valence-electron chi connectivity index (χ4n) is 3.79. The average Bonchev–Trinajstić information content (AvgIpc) is 3.05. The third-order valence-electron chi connectivity index (χ3n) is 5.77. The molecule has 5 nitrogen and oxygen atoms in total. The number of nitrogens with zero attached hydrogens (tertiary/aromatic N) is 1. The third-order valence-corrected chi connectivity index (χ3v) is 5.77. The minimum absolute atomic E-state index is 0.261. The summed E-state index contributed by atoms with van der Waals surface area (Å²) in [6.45, 7) is 8.53. The number of ether oxygens (including phenoxy) is 1. The van der Waals surface area contributed by atoms with Crippen LogP contribution in [0.15, 0.2) is 72.4 Å². The molecule has 0 aromatic heterocycles. The first-order chi connectivity index (χ1) is 15.9. The van der Waals surface area contributed by atoms with Crippen LogP contribution in [-0.2, 0) is 9.59 Å². The van der Waals surface area contributed by atoms with E-state index < -0.39 is 5.91 Å². The molecule has 0 saturated carbocycles. The zero-order valence-corrected chi connectivity index (χ0v) is 19.4. The van der Waals surface area contributed by atoms with Crippen molar-refractivity contribution in [3.05, 3.63) is 94.7 Å². The van der Waals surface area contributed by atoms with Gasteiger partial charge in [-0.1, -0.05) is 55.0 Å². The molecule has 0 atom stereocenters. The zero-order valence-electron chi connectivity index (χ0n) is 19.4. The van der Waals surface area contributed by atoms with Gasteiger partial charge in [-0.25, -0.2) is 4.90 Å². The van der Waals surface area contributed by atoms with Crippen molar-refractivity contribution >= 4 is 28.8 Å². The van der Waals surface area contributed by atoms with Gasteiger partial charge < -0.3 is 10.1 Å². The van der Waals surface area contributed by atoms with E-state index in [0.717, 1.165) is 28.8 Å². The van der Waals surface area contributed by atoms with Crippen LogP contribution in [0, 0.1) is 20.8 Å². The fourth-order valence-corrected chi connectivity index (χ4v) is 3.79. The van der Waals surface area contributed by atoms with E-state index in [1.165, 1.54) is 4.90 Å². The highest BCUT2D eigenvalue weighted by Gasteiger charge is 2.41. The van der Waals surface area contributed by atoms with E-state index >= 15 is 0 Å². The van der Waals surface area contributed by atoms with Crippen molar-refractivity contribution in [2.45, 2.75) is 34.1 Å². The maximum Gasteiger partial charge on any atom is 0.282 e. The Morgan fingerprint density at radius 2 is 1.58 bits per heavy atom. The molecule has 1 N–H and O–H groups in total. The summed E-state index contributed by atoms with van der Waals surface area (Å²) in [6.07, 6.45) is 0.822. The smallest absolute Gasteiger partial charge is 0.282 e. The number of para-hydroxylation sites is 2. The number of hydrogen-bond donors (Lipinski definition) is 1. The highest BCUT2D eigenvalue weighted by atomic mass is 16.5. The topological polar surface area (TPSA) is 58.6 Å². The lowest BCUT2D eigenvalue weighted by atomic mass is 9.99. The Morgan fingerprint density at radius 1 is 0.848 bits per heavy atom. The molecular formula is C28H28N2O3. The van der Waals surface area contributed by atoms with Crippen LogP contribution in [0.25, 0.3) is 5.57 Å². The molecule has 0 spiro atoms. The summed E-state index contributed by atoms with van der Waals surface area (Å²) in [5, 5.41) is 3.22. The van der Waals surface area contributed by atoms with Crippen LogP contribution >= 0.6 is 0 Å². The largest absolute Gasteiger partial charge is 0.491 e. The number of carbonyl (C=O) groups excluding carboxylic acids is 2. The first kappa shape index (κ1) is 22.3. The van der Waals surface area contributed by atoms with E-state index in [9.17, 15) is 9.59 Å². The van der Waals surface area contributed by atoms with Gasteiger partial charge in [-0.3, -0.25) is 9.59 Å². The van der Waals surface area contributed by atoms with Gasteiger partial charge in [0.15, 0.2) is 0 Å². The van der Waals surface area contributed by atoms with Crippen molar-refractivity contribution in [3.8, 4) is 5.75 Å². The number of aryl methyl sites for hydroxylation is 3. The number of carbonyl (C=O) groups is 2. The molecule has 3 aromatic rings. The number of hydrogen-bond acceptors (Lipinski definition) is 4. The van der Waals surface area contributed by atoms with Crippen molar-refractivity contribution < 1.29 is 14.3 Å². The highest BCUT2D eigenvalue weighted by molar-refractivity contribution is 6.46. The minimum Gasteiger partial charge on any atom is -0.491 e. The Kier molecular flexibility index (Phi) is 6.31. The molecule has 5 heteroatoms. The molecule has 0 radical (unpaired) electrons. The standard InChI is InChI=1S/C28H28N2O3/c1-5-16-33-24-9-7-6-8-23(24)30-27(31)25(21-13-12-19(3)20(4)17-21)26(28(30)32)29-22-14-10-18(2)11-15-22/h6-15,17,29H,5,16H2,1-4H3. The average molecular weight is 441 g/mol. The Balaban J connectivity index is 1.82. The van der Waals surface area contributed by atoms with Crippen molar-refractivity contribution in [1.29, 1.82) is 0 Å². The van der Waals surface area contributed by atoms with Crippen LogP contribution in [0.3, 0.4) is 0 Å². The first-order valence-electron chi connectivity index (χ1n) is 11.2. The predicted molar refractivity (Wildman–Crippen MR) is 132 cm³/mol. The molecule has 0 aliphatic carbocycles. The summed E-state index contributed by atoms with van der Waals surface area (Å²) in [7, 11) is 0. The second-order valence-corrected chi connectivity index (χ2v) is 8.30. The molecule has 3 aromatic carbocycles. The van der Waals surface area contributed by atoms with Gasteiger partial charge in [0.1, 0.15) is 11.4 Å². The molecule has 0 fully saturated rings. The van der Waals surface area contributed by atoms with Crippen LogP contribution in [0.5, 0.6) is 5.75 Å². The molecule has 2 amide bonds. The van der Waals surface area contributed by atoms with Gasteiger partial charge in [0.05, 0.1) is 17.9 Å². The van der Waals surface area contributed by atoms with Gasteiger partial charge in [0.25, 0.3) is 11.8 Å². The second-order valence-electron chi connectivity index (χ2n) is 8.30. The van der Waals surface area contributed by atoms with E-state index in [4.69, 9.17) is 4.74 Å². The third kappa shape index (κ3) is 4.40. The molecule has 4 rings (SSSR count). The van der Waals surface area contributed by atoms with Crippen LogP contribution in [-0.4, -0.2) is 18.4 Å². The van der Waals surface area contributed by atoms with Crippen LogP contribution in [0.4, 0.5) is 11.4 Å². The number of nitrogens with one attached hydrogen (secondary N) is 1. The van der Waals surface area contributed by atoms with E-state index in [-0.39, 0.29) is 11.6 Å². The van der Waals surface area contributed by atoms with E-state index in [1.807, 2.05) is 76.2 Å². The number of amides is 2. The number of benzene rings is 3. The first-order valence-corrected chi connectivity index (χ1v) is 11.2. The van der Waals surface area contributed by atoms with Gasteiger partial charge in [0, 0.05) is 5.69 Å². The Hall–Kier alpha value is -3.86. The molecule has 33 heavy (non-hydrogen) atoms. The highest BCUT2D eigenvalue weighted by Crippen LogP contribution is 2.38. The van der Waals surface area contributed by atoms with E-state index in [1.54, 1.807) is 18.2 Å². The number of imide groups is 1. The summed E-state index contributed by atoms with van der Waals surface area (Å²) in [5.74, 6) is -0.260. The van der Waals surface area contributed by atoms with Crippen LogP contribution in [0.2, 0.25) is 0 Å². The molecule has 0 saturated heterocycles. The SMILES string of the molecule is CCCOc1ccccc1N1C(=O)C(Nc2ccc(C)cc2)=C(c2ccc(C)c(C)c2)C1=O. The maximum atomic E-state index is 13.7. The van der Waals surface area contributed by atoms with Crippen molar-refractivity contribution in [2.75, 3.05) is 16.8 Å². The summed E-state index contributed by atoms with van der Waals surface area (Å²) in [6, 6.07) is 20.7. The van der Waals surface area contributed by atoms with Gasteiger partial charge in [-0.15, -0.1) is 0 Å². The molecule has 0 bridgehead atoms. The van der Waals surface area contributed by atoms with Crippen LogP contribution in [0.1, 0.15) is 35.6 Å². The van der Waals surface area contributed by atoms with Crippen molar-refractivity contribution in [1.82, 2.24) is 0 Å². The lowest BCUT2D eigenvalue weighted by molar-refractivity contribution is -0.120. The quantitative estimate of drug-likeness (QED) is 0.472. The Labute approximate surface area is 194 Å². The van der Waals surface area contributed by atoms with Gasteiger partial charge >= 0.3 is 0 Å². The predicted octanol–water partition coefficient (Wildman–Crippen LogP) is 5.80. The molecule has 1 aliphatic heterocycles.